The highest BCUT2D eigenvalue weighted by Gasteiger charge is 2.22. The predicted octanol–water partition coefficient (Wildman–Crippen LogP) is 11.5. The smallest absolute Gasteiger partial charge is 0.306 e. The van der Waals surface area contributed by atoms with E-state index in [1.807, 2.05) is 0 Å². The van der Waals surface area contributed by atoms with Crippen molar-refractivity contribution in [2.45, 2.75) is 188 Å². The normalized spacial score (nSPS) is 12.5. The molecule has 0 fully saturated rings. The fourth-order valence-electron chi connectivity index (χ4n) is 5.43. The van der Waals surface area contributed by atoms with E-state index in [9.17, 15) is 9.90 Å². The summed E-state index contributed by atoms with van der Waals surface area (Å²) in [6.07, 6.45) is 33.6. The molecule has 2 nitrogen and oxygen atoms in total. The molecule has 0 aliphatic heterocycles. The largest absolute Gasteiger partial charge is 0.481 e. The van der Waals surface area contributed by atoms with E-state index in [1.165, 1.54) is 148 Å². The Morgan fingerprint density at radius 1 is 0.471 bits per heavy atom. The summed E-state index contributed by atoms with van der Waals surface area (Å²) in [6, 6.07) is 0. The molecule has 0 aliphatic rings. The molecule has 1 N–H and O–H groups in total. The lowest BCUT2D eigenvalue weighted by atomic mass is 9.84. The number of aliphatic carboxylic acids is 1. The Bertz CT molecular complexity index is 390. The summed E-state index contributed by atoms with van der Waals surface area (Å²) >= 11 is 0. The molecule has 0 spiro atoms. The third-order valence-corrected chi connectivity index (χ3v) is 7.81. The first kappa shape index (κ1) is 33.5. The zero-order valence-corrected chi connectivity index (χ0v) is 23.9. The lowest BCUT2D eigenvalue weighted by Crippen LogP contribution is -2.18. The van der Waals surface area contributed by atoms with Gasteiger partial charge in [0.1, 0.15) is 0 Å². The monoisotopic (exact) mass is 480 g/mol. The van der Waals surface area contributed by atoms with Gasteiger partial charge in [0.25, 0.3) is 0 Å². The van der Waals surface area contributed by atoms with Crippen LogP contribution in [0.4, 0.5) is 0 Å². The Morgan fingerprint density at radius 3 is 1.09 bits per heavy atom. The number of unbranched alkanes of at least 4 members (excludes halogenated alkanes) is 19. The Kier molecular flexibility index (Phi) is 26.6. The summed E-state index contributed by atoms with van der Waals surface area (Å²) in [4.78, 5) is 12.0. The molecule has 1 atom stereocenters. The van der Waals surface area contributed by atoms with Crippen LogP contribution in [0.25, 0.3) is 0 Å². The van der Waals surface area contributed by atoms with Crippen LogP contribution < -0.4 is 0 Å². The second-order valence-corrected chi connectivity index (χ2v) is 11.2. The van der Waals surface area contributed by atoms with Crippen LogP contribution in [0.5, 0.6) is 0 Å². The number of hydrogen-bond acceptors (Lipinski definition) is 1. The van der Waals surface area contributed by atoms with Gasteiger partial charge in [-0.05, 0) is 18.8 Å². The minimum absolute atomic E-state index is 0.112. The van der Waals surface area contributed by atoms with E-state index in [-0.39, 0.29) is 5.92 Å². The SMILES string of the molecule is CCCCCCCCCCCCC(CC(CCCCCCCC)CCCCCCCC)C(=O)O. The molecular formula is C32H64O2. The molecule has 0 rings (SSSR count). The fourth-order valence-corrected chi connectivity index (χ4v) is 5.43. The van der Waals surface area contributed by atoms with Gasteiger partial charge in [0.15, 0.2) is 0 Å². The number of carboxylic acids is 1. The number of carbonyl (C=O) groups is 1. The first-order valence-corrected chi connectivity index (χ1v) is 15.9. The van der Waals surface area contributed by atoms with Gasteiger partial charge in [-0.3, -0.25) is 4.79 Å². The predicted molar refractivity (Wildman–Crippen MR) is 152 cm³/mol. The maximum atomic E-state index is 12.0. The highest BCUT2D eigenvalue weighted by molar-refractivity contribution is 5.69. The van der Waals surface area contributed by atoms with Gasteiger partial charge in [0, 0.05) is 0 Å². The van der Waals surface area contributed by atoms with E-state index >= 15 is 0 Å². The van der Waals surface area contributed by atoms with Crippen LogP contribution in [0.1, 0.15) is 188 Å². The van der Waals surface area contributed by atoms with Crippen LogP contribution in [0.15, 0.2) is 0 Å². The summed E-state index contributed by atoms with van der Waals surface area (Å²) in [6.45, 7) is 6.82. The number of rotatable bonds is 28. The quantitative estimate of drug-likeness (QED) is 0.113. The summed E-state index contributed by atoms with van der Waals surface area (Å²) in [5.41, 5.74) is 0. The van der Waals surface area contributed by atoms with Crippen LogP contribution in [0.2, 0.25) is 0 Å². The standard InChI is InChI=1S/C32H64O2/c1-4-7-10-13-16-17-18-19-22-25-28-31(32(33)34)29-30(26-23-20-14-11-8-5-2)27-24-21-15-12-9-6-3/h30-31H,4-29H2,1-3H3,(H,33,34). The average molecular weight is 481 g/mol. The molecule has 0 saturated carbocycles. The first-order chi connectivity index (χ1) is 16.7. The Hall–Kier alpha value is -0.530. The van der Waals surface area contributed by atoms with Gasteiger partial charge in [-0.2, -0.15) is 0 Å². The summed E-state index contributed by atoms with van der Waals surface area (Å²) in [5, 5.41) is 9.90. The van der Waals surface area contributed by atoms with E-state index < -0.39 is 5.97 Å². The number of hydrogen-bond donors (Lipinski definition) is 1. The molecule has 204 valence electrons. The topological polar surface area (TPSA) is 37.3 Å². The molecule has 0 aromatic heterocycles. The van der Waals surface area contributed by atoms with Gasteiger partial charge in [-0.1, -0.05) is 175 Å². The molecule has 0 aliphatic carbocycles. The maximum Gasteiger partial charge on any atom is 0.306 e. The van der Waals surface area contributed by atoms with Crippen LogP contribution in [0, 0.1) is 11.8 Å². The zero-order valence-electron chi connectivity index (χ0n) is 23.9. The van der Waals surface area contributed by atoms with Crippen molar-refractivity contribution in [2.75, 3.05) is 0 Å². The van der Waals surface area contributed by atoms with Crippen molar-refractivity contribution < 1.29 is 9.90 Å². The molecule has 0 bridgehead atoms. The van der Waals surface area contributed by atoms with Crippen molar-refractivity contribution in [1.29, 1.82) is 0 Å². The van der Waals surface area contributed by atoms with Gasteiger partial charge in [0.05, 0.1) is 5.92 Å². The zero-order chi connectivity index (χ0) is 25.1. The number of carboxylic acid groups (broad SMARTS) is 1. The molecule has 0 amide bonds. The van der Waals surface area contributed by atoms with Crippen LogP contribution >= 0.6 is 0 Å². The fraction of sp³-hybridized carbons (Fsp3) is 0.969. The van der Waals surface area contributed by atoms with Gasteiger partial charge in [0.2, 0.25) is 0 Å². The van der Waals surface area contributed by atoms with E-state index in [0.29, 0.717) is 5.92 Å². The van der Waals surface area contributed by atoms with Gasteiger partial charge < -0.3 is 5.11 Å². The van der Waals surface area contributed by atoms with Crippen molar-refractivity contribution in [3.8, 4) is 0 Å². The highest BCUT2D eigenvalue weighted by Crippen LogP contribution is 2.28. The van der Waals surface area contributed by atoms with Gasteiger partial charge >= 0.3 is 5.97 Å². The Labute approximate surface area is 215 Å². The van der Waals surface area contributed by atoms with Gasteiger partial charge in [-0.15, -0.1) is 0 Å². The minimum atomic E-state index is -0.535. The second-order valence-electron chi connectivity index (χ2n) is 11.2. The van der Waals surface area contributed by atoms with Crippen LogP contribution in [0.3, 0.4) is 0 Å². The average Bonchev–Trinajstić information content (AvgIpc) is 2.83. The molecule has 0 aromatic rings. The molecule has 0 heterocycles. The maximum absolute atomic E-state index is 12.0. The summed E-state index contributed by atoms with van der Waals surface area (Å²) in [7, 11) is 0. The molecular weight excluding hydrogens is 416 g/mol. The molecule has 0 aromatic carbocycles. The first-order valence-electron chi connectivity index (χ1n) is 15.9. The van der Waals surface area contributed by atoms with Crippen molar-refractivity contribution in [3.63, 3.8) is 0 Å². The van der Waals surface area contributed by atoms with Crippen molar-refractivity contribution in [2.24, 2.45) is 11.8 Å². The molecule has 34 heavy (non-hydrogen) atoms. The van der Waals surface area contributed by atoms with Crippen molar-refractivity contribution in [1.82, 2.24) is 0 Å². The second kappa shape index (κ2) is 27.1. The van der Waals surface area contributed by atoms with Crippen LogP contribution in [-0.4, -0.2) is 11.1 Å². The highest BCUT2D eigenvalue weighted by atomic mass is 16.4. The summed E-state index contributed by atoms with van der Waals surface area (Å²) < 4.78 is 0. The Balaban J connectivity index is 4.24. The van der Waals surface area contributed by atoms with Gasteiger partial charge in [-0.25, -0.2) is 0 Å². The molecule has 0 radical (unpaired) electrons. The van der Waals surface area contributed by atoms with Crippen LogP contribution in [-0.2, 0) is 4.79 Å². The molecule has 2 heteroatoms. The van der Waals surface area contributed by atoms with E-state index in [2.05, 4.69) is 20.8 Å². The Morgan fingerprint density at radius 2 is 0.765 bits per heavy atom. The minimum Gasteiger partial charge on any atom is -0.481 e. The van der Waals surface area contributed by atoms with E-state index in [0.717, 1.165) is 19.3 Å². The lowest BCUT2D eigenvalue weighted by Gasteiger charge is -2.21. The summed E-state index contributed by atoms with van der Waals surface area (Å²) in [5.74, 6) is -0.0207. The third kappa shape index (κ3) is 23.2. The third-order valence-electron chi connectivity index (χ3n) is 7.81. The molecule has 0 saturated heterocycles. The van der Waals surface area contributed by atoms with E-state index in [1.54, 1.807) is 0 Å². The van der Waals surface area contributed by atoms with Crippen molar-refractivity contribution in [3.05, 3.63) is 0 Å². The lowest BCUT2D eigenvalue weighted by molar-refractivity contribution is -0.142. The molecule has 1 unspecified atom stereocenters. The van der Waals surface area contributed by atoms with Crippen molar-refractivity contribution >= 4 is 5.97 Å². The van der Waals surface area contributed by atoms with E-state index in [4.69, 9.17) is 0 Å².